The maximum Gasteiger partial charge on any atom is 0.321 e. The molecular formula is C14H23N5O5S. The number of hydrogen-bond donors (Lipinski definition) is 2. The third kappa shape index (κ3) is 4.55. The predicted molar refractivity (Wildman–Crippen MR) is 88.4 cm³/mol. The number of carbonyl (C=O) groups excluding carboxylic acids is 2. The number of aromatic nitrogens is 1. The van der Waals surface area contributed by atoms with Gasteiger partial charge in [-0.05, 0) is 13.8 Å². The summed E-state index contributed by atoms with van der Waals surface area (Å²) in [6.07, 6.45) is 0.171. The second-order valence-electron chi connectivity index (χ2n) is 5.78. The number of nitrogens with zero attached hydrogens (tertiary/aromatic N) is 3. The molecule has 1 aliphatic rings. The molecule has 2 rings (SSSR count). The summed E-state index contributed by atoms with van der Waals surface area (Å²) in [6.45, 7) is 5.31. The fourth-order valence-electron chi connectivity index (χ4n) is 2.68. The molecule has 1 aromatic rings. The Morgan fingerprint density at radius 3 is 2.36 bits per heavy atom. The van der Waals surface area contributed by atoms with E-state index in [1.165, 1.54) is 11.4 Å². The van der Waals surface area contributed by atoms with Crippen molar-refractivity contribution in [1.82, 2.24) is 25.0 Å². The second kappa shape index (κ2) is 7.93. The SMILES string of the molecule is CNC(=O)NC(=O)CCN1CCN(S(=O)(=O)c2c(C)noc2C)CC1. The van der Waals surface area contributed by atoms with E-state index >= 15 is 0 Å². The first-order valence-electron chi connectivity index (χ1n) is 7.92. The molecule has 2 heterocycles. The Morgan fingerprint density at radius 2 is 1.84 bits per heavy atom. The maximum atomic E-state index is 12.7. The summed E-state index contributed by atoms with van der Waals surface area (Å²) in [5.41, 5.74) is 0.353. The zero-order valence-electron chi connectivity index (χ0n) is 14.5. The van der Waals surface area contributed by atoms with Gasteiger partial charge in [0.25, 0.3) is 0 Å². The largest absolute Gasteiger partial charge is 0.360 e. The van der Waals surface area contributed by atoms with Gasteiger partial charge in [-0.25, -0.2) is 13.2 Å². The van der Waals surface area contributed by atoms with Gasteiger partial charge in [0.1, 0.15) is 10.6 Å². The summed E-state index contributed by atoms with van der Waals surface area (Å²) in [5, 5.41) is 8.21. The number of aryl methyl sites for hydroxylation is 2. The maximum absolute atomic E-state index is 12.7. The first-order valence-corrected chi connectivity index (χ1v) is 9.36. The number of nitrogens with one attached hydrogen (secondary N) is 2. The Balaban J connectivity index is 1.87. The Morgan fingerprint density at radius 1 is 1.20 bits per heavy atom. The van der Waals surface area contributed by atoms with Crippen molar-refractivity contribution < 1.29 is 22.5 Å². The van der Waals surface area contributed by atoms with E-state index in [9.17, 15) is 18.0 Å². The lowest BCUT2D eigenvalue weighted by Gasteiger charge is -2.33. The van der Waals surface area contributed by atoms with Gasteiger partial charge in [0.05, 0.1) is 0 Å². The summed E-state index contributed by atoms with van der Waals surface area (Å²) in [6, 6.07) is -0.541. The molecule has 0 unspecified atom stereocenters. The van der Waals surface area contributed by atoms with Crippen LogP contribution in [-0.4, -0.2) is 74.5 Å². The van der Waals surface area contributed by atoms with Gasteiger partial charge in [-0.2, -0.15) is 4.31 Å². The average Bonchev–Trinajstić information content (AvgIpc) is 2.92. The van der Waals surface area contributed by atoms with Crippen molar-refractivity contribution in [3.8, 4) is 0 Å². The zero-order chi connectivity index (χ0) is 18.6. The lowest BCUT2D eigenvalue weighted by atomic mass is 10.3. The molecule has 1 saturated heterocycles. The van der Waals surface area contributed by atoms with Gasteiger partial charge in [-0.3, -0.25) is 10.1 Å². The van der Waals surface area contributed by atoms with Crippen molar-refractivity contribution in [2.24, 2.45) is 0 Å². The van der Waals surface area contributed by atoms with Crippen molar-refractivity contribution in [1.29, 1.82) is 0 Å². The molecule has 0 bridgehead atoms. The highest BCUT2D eigenvalue weighted by atomic mass is 32.2. The summed E-state index contributed by atoms with van der Waals surface area (Å²) >= 11 is 0. The van der Waals surface area contributed by atoms with Crippen LogP contribution < -0.4 is 10.6 Å². The Hall–Kier alpha value is -1.98. The van der Waals surface area contributed by atoms with Crippen LogP contribution in [0.4, 0.5) is 4.79 Å². The van der Waals surface area contributed by atoms with Crippen LogP contribution in [0.1, 0.15) is 17.9 Å². The van der Waals surface area contributed by atoms with Crippen LogP contribution in [0.5, 0.6) is 0 Å². The summed E-state index contributed by atoms with van der Waals surface area (Å²) in [4.78, 5) is 24.8. The van der Waals surface area contributed by atoms with Gasteiger partial charge in [0, 0.05) is 46.2 Å². The molecule has 1 aliphatic heterocycles. The summed E-state index contributed by atoms with van der Waals surface area (Å²) < 4.78 is 31.8. The number of sulfonamides is 1. The number of rotatable bonds is 5. The molecule has 140 valence electrons. The number of carbonyl (C=O) groups is 2. The van der Waals surface area contributed by atoms with Crippen LogP contribution in [0.25, 0.3) is 0 Å². The minimum atomic E-state index is -3.64. The quantitative estimate of drug-likeness (QED) is 0.709. The number of imide groups is 1. The topological polar surface area (TPSA) is 125 Å². The first-order chi connectivity index (χ1) is 11.8. The first kappa shape index (κ1) is 19.3. The van der Waals surface area contributed by atoms with Gasteiger partial charge in [-0.15, -0.1) is 0 Å². The van der Waals surface area contributed by atoms with E-state index in [0.29, 0.717) is 38.4 Å². The van der Waals surface area contributed by atoms with Crippen LogP contribution in [0.3, 0.4) is 0 Å². The van der Waals surface area contributed by atoms with E-state index in [1.807, 2.05) is 4.90 Å². The Kier molecular flexibility index (Phi) is 6.14. The smallest absolute Gasteiger partial charge is 0.321 e. The minimum Gasteiger partial charge on any atom is -0.360 e. The highest BCUT2D eigenvalue weighted by Crippen LogP contribution is 2.24. The van der Waals surface area contributed by atoms with Crippen molar-refractivity contribution in [3.63, 3.8) is 0 Å². The van der Waals surface area contributed by atoms with E-state index in [1.54, 1.807) is 13.8 Å². The normalized spacial score (nSPS) is 16.6. The van der Waals surface area contributed by atoms with Crippen molar-refractivity contribution in [3.05, 3.63) is 11.5 Å². The van der Waals surface area contributed by atoms with Crippen molar-refractivity contribution in [2.45, 2.75) is 25.2 Å². The molecule has 3 amide bonds. The van der Waals surface area contributed by atoms with Crippen molar-refractivity contribution in [2.75, 3.05) is 39.8 Å². The highest BCUT2D eigenvalue weighted by Gasteiger charge is 2.33. The zero-order valence-corrected chi connectivity index (χ0v) is 15.4. The third-order valence-corrected chi connectivity index (χ3v) is 6.18. The molecule has 0 radical (unpaired) electrons. The molecule has 1 fully saturated rings. The van der Waals surface area contributed by atoms with E-state index in [2.05, 4.69) is 15.8 Å². The lowest BCUT2D eigenvalue weighted by molar-refractivity contribution is -0.120. The van der Waals surface area contributed by atoms with Gasteiger partial charge in [0.15, 0.2) is 5.76 Å². The van der Waals surface area contributed by atoms with Crippen LogP contribution >= 0.6 is 0 Å². The minimum absolute atomic E-state index is 0.130. The molecule has 0 aliphatic carbocycles. The molecular weight excluding hydrogens is 350 g/mol. The molecule has 0 atom stereocenters. The van der Waals surface area contributed by atoms with Crippen LogP contribution in [0.15, 0.2) is 9.42 Å². The molecule has 0 aromatic carbocycles. The summed E-state index contributed by atoms with van der Waals surface area (Å²) in [5.74, 6) is -0.0871. The molecule has 0 saturated carbocycles. The molecule has 0 spiro atoms. The molecule has 1 aromatic heterocycles. The number of piperazine rings is 1. The van der Waals surface area contributed by atoms with E-state index in [-0.39, 0.29) is 23.0 Å². The van der Waals surface area contributed by atoms with Gasteiger partial charge in [-0.1, -0.05) is 5.16 Å². The summed E-state index contributed by atoms with van der Waals surface area (Å²) in [7, 11) is -2.20. The van der Waals surface area contributed by atoms with Crippen LogP contribution in [0.2, 0.25) is 0 Å². The molecule has 2 N–H and O–H groups in total. The fourth-order valence-corrected chi connectivity index (χ4v) is 4.39. The molecule has 25 heavy (non-hydrogen) atoms. The Bertz CT molecular complexity index is 717. The van der Waals surface area contributed by atoms with E-state index in [0.717, 1.165) is 0 Å². The predicted octanol–water partition coefficient (Wildman–Crippen LogP) is -0.557. The highest BCUT2D eigenvalue weighted by molar-refractivity contribution is 7.89. The molecule has 10 nitrogen and oxygen atoms in total. The number of amides is 3. The van der Waals surface area contributed by atoms with E-state index in [4.69, 9.17) is 4.52 Å². The standard InChI is InChI=1S/C14H23N5O5S/c1-10-13(11(2)24-17-10)25(22,23)19-8-6-18(7-9-19)5-4-12(20)16-14(21)15-3/h4-9H2,1-3H3,(H2,15,16,20,21). The number of hydrogen-bond acceptors (Lipinski definition) is 7. The van der Waals surface area contributed by atoms with Gasteiger partial charge < -0.3 is 14.7 Å². The van der Waals surface area contributed by atoms with Crippen molar-refractivity contribution >= 4 is 22.0 Å². The Labute approximate surface area is 146 Å². The second-order valence-corrected chi connectivity index (χ2v) is 7.65. The average molecular weight is 373 g/mol. The van der Waals surface area contributed by atoms with E-state index < -0.39 is 16.1 Å². The lowest BCUT2D eigenvalue weighted by Crippen LogP contribution is -2.49. The number of urea groups is 1. The fraction of sp³-hybridized carbons (Fsp3) is 0.643. The van der Waals surface area contributed by atoms with Gasteiger partial charge in [0.2, 0.25) is 15.9 Å². The van der Waals surface area contributed by atoms with Crippen LogP contribution in [0, 0.1) is 13.8 Å². The van der Waals surface area contributed by atoms with Gasteiger partial charge >= 0.3 is 6.03 Å². The molecule has 11 heteroatoms. The van der Waals surface area contributed by atoms with Crippen LogP contribution in [-0.2, 0) is 14.8 Å². The third-order valence-electron chi connectivity index (χ3n) is 4.03. The monoisotopic (exact) mass is 373 g/mol.